The highest BCUT2D eigenvalue weighted by Gasteiger charge is 2.18. The van der Waals surface area contributed by atoms with Gasteiger partial charge in [0.15, 0.2) is 0 Å². The van der Waals surface area contributed by atoms with E-state index >= 15 is 0 Å². The van der Waals surface area contributed by atoms with E-state index in [0.29, 0.717) is 0 Å². The number of hydrogen-bond acceptors (Lipinski definition) is 1. The minimum Gasteiger partial charge on any atom is -0.309 e. The van der Waals surface area contributed by atoms with E-state index in [4.69, 9.17) is 4.98 Å². The number of benzene rings is 5. The lowest BCUT2D eigenvalue weighted by Crippen LogP contribution is -1.95. The van der Waals surface area contributed by atoms with Crippen LogP contribution in [0.5, 0.6) is 0 Å². The fraction of sp³-hybridized carbons (Fsp3) is 0. The third kappa shape index (κ3) is 2.23. The Kier molecular flexibility index (Phi) is 3.39. The van der Waals surface area contributed by atoms with Crippen molar-refractivity contribution in [2.45, 2.75) is 0 Å². The third-order valence-corrected chi connectivity index (χ3v) is 7.06. The van der Waals surface area contributed by atoms with Gasteiger partial charge in [-0.2, -0.15) is 0 Å². The van der Waals surface area contributed by atoms with Gasteiger partial charge >= 0.3 is 0 Å². The smallest absolute Gasteiger partial charge is 0.146 e. The van der Waals surface area contributed by atoms with Crippen molar-refractivity contribution in [2.75, 3.05) is 0 Å². The van der Waals surface area contributed by atoms with E-state index in [1.807, 2.05) is 0 Å². The normalized spacial score (nSPS) is 12.1. The molecule has 0 radical (unpaired) electrons. The first-order valence-corrected chi connectivity index (χ1v) is 11.6. The molecular formula is C31H19N3. The SMILES string of the molecule is c1ccc(-n2c3ccccc3c3cc4c(cc32)c2ccccc2c2nc3ccccc3n42)cc1. The number of nitrogens with zero attached hydrogens (tertiary/aromatic N) is 3. The standard InChI is InChI=1S/C31H19N3/c1-2-10-20(11-3-1)33-27-16-8-6-13-22(27)25-19-30-24(18-29(25)33)21-12-4-5-14-23(21)31-32-26-15-7-9-17-28(26)34(30)31/h1-19H. The lowest BCUT2D eigenvalue weighted by Gasteiger charge is -2.11. The molecule has 3 nitrogen and oxygen atoms in total. The zero-order valence-electron chi connectivity index (χ0n) is 18.3. The van der Waals surface area contributed by atoms with Crippen LogP contribution in [0.4, 0.5) is 0 Å². The van der Waals surface area contributed by atoms with Crippen molar-refractivity contribution in [1.29, 1.82) is 0 Å². The fourth-order valence-electron chi connectivity index (χ4n) is 5.62. The second kappa shape index (κ2) is 6.46. The predicted molar refractivity (Wildman–Crippen MR) is 142 cm³/mol. The molecule has 0 N–H and O–H groups in total. The summed E-state index contributed by atoms with van der Waals surface area (Å²) in [6.07, 6.45) is 0. The van der Waals surface area contributed by atoms with Crippen LogP contribution in [-0.2, 0) is 0 Å². The Labute approximate surface area is 195 Å². The van der Waals surface area contributed by atoms with Crippen LogP contribution < -0.4 is 0 Å². The molecule has 0 spiro atoms. The number of imidazole rings is 1. The van der Waals surface area contributed by atoms with E-state index in [2.05, 4.69) is 124 Å². The van der Waals surface area contributed by atoms with Crippen molar-refractivity contribution < 1.29 is 0 Å². The van der Waals surface area contributed by atoms with Crippen molar-refractivity contribution in [3.8, 4) is 5.69 Å². The molecule has 0 saturated carbocycles. The van der Waals surface area contributed by atoms with Crippen molar-refractivity contribution in [2.24, 2.45) is 0 Å². The molecule has 5 aromatic carbocycles. The van der Waals surface area contributed by atoms with Crippen LogP contribution in [0.1, 0.15) is 0 Å². The molecule has 3 heterocycles. The molecule has 34 heavy (non-hydrogen) atoms. The number of aromatic nitrogens is 3. The molecule has 3 heteroatoms. The monoisotopic (exact) mass is 433 g/mol. The Bertz CT molecular complexity index is 2060. The Morgan fingerprint density at radius 1 is 0.441 bits per heavy atom. The van der Waals surface area contributed by atoms with Gasteiger partial charge in [-0.15, -0.1) is 0 Å². The number of para-hydroxylation sites is 4. The van der Waals surface area contributed by atoms with Gasteiger partial charge in [0, 0.05) is 27.2 Å². The first-order chi connectivity index (χ1) is 16.9. The maximum atomic E-state index is 5.05. The first kappa shape index (κ1) is 17.9. The van der Waals surface area contributed by atoms with E-state index in [-0.39, 0.29) is 0 Å². The predicted octanol–water partition coefficient (Wildman–Crippen LogP) is 7.89. The van der Waals surface area contributed by atoms with Gasteiger partial charge in [-0.25, -0.2) is 4.98 Å². The Morgan fingerprint density at radius 2 is 1.06 bits per heavy atom. The van der Waals surface area contributed by atoms with Crippen LogP contribution in [0.3, 0.4) is 0 Å². The molecule has 0 atom stereocenters. The number of fused-ring (bicyclic) bond motifs is 11. The van der Waals surface area contributed by atoms with Crippen LogP contribution in [0.25, 0.3) is 65.8 Å². The summed E-state index contributed by atoms with van der Waals surface area (Å²) < 4.78 is 4.72. The van der Waals surface area contributed by atoms with Gasteiger partial charge in [-0.3, -0.25) is 4.40 Å². The summed E-state index contributed by atoms with van der Waals surface area (Å²) in [5.74, 6) is 0. The average molecular weight is 434 g/mol. The van der Waals surface area contributed by atoms with Crippen molar-refractivity contribution in [3.05, 3.63) is 115 Å². The average Bonchev–Trinajstić information content (AvgIpc) is 3.44. The maximum Gasteiger partial charge on any atom is 0.146 e. The van der Waals surface area contributed by atoms with Crippen LogP contribution in [0.15, 0.2) is 115 Å². The van der Waals surface area contributed by atoms with Gasteiger partial charge in [0.2, 0.25) is 0 Å². The minimum atomic E-state index is 1.01. The molecule has 0 bridgehead atoms. The largest absolute Gasteiger partial charge is 0.309 e. The van der Waals surface area contributed by atoms with Crippen LogP contribution in [-0.4, -0.2) is 14.0 Å². The fourth-order valence-corrected chi connectivity index (χ4v) is 5.62. The third-order valence-electron chi connectivity index (χ3n) is 7.06. The molecule has 0 amide bonds. The minimum absolute atomic E-state index is 1.01. The van der Waals surface area contributed by atoms with Gasteiger partial charge < -0.3 is 4.57 Å². The highest BCUT2D eigenvalue weighted by Crippen LogP contribution is 2.38. The molecular weight excluding hydrogens is 414 g/mol. The summed E-state index contributed by atoms with van der Waals surface area (Å²) >= 11 is 0. The molecule has 3 aromatic heterocycles. The lowest BCUT2D eigenvalue weighted by molar-refractivity contribution is 1.18. The van der Waals surface area contributed by atoms with E-state index in [0.717, 1.165) is 16.7 Å². The van der Waals surface area contributed by atoms with Gasteiger partial charge in [0.1, 0.15) is 5.65 Å². The Balaban J connectivity index is 1.68. The lowest BCUT2D eigenvalue weighted by atomic mass is 10.0. The molecule has 0 saturated heterocycles. The van der Waals surface area contributed by atoms with Crippen molar-refractivity contribution >= 4 is 60.2 Å². The van der Waals surface area contributed by atoms with Crippen LogP contribution >= 0.6 is 0 Å². The van der Waals surface area contributed by atoms with E-state index < -0.39 is 0 Å². The van der Waals surface area contributed by atoms with E-state index in [1.54, 1.807) is 0 Å². The Hall–Kier alpha value is -4.63. The second-order valence-electron chi connectivity index (χ2n) is 8.88. The second-order valence-corrected chi connectivity index (χ2v) is 8.88. The Morgan fingerprint density at radius 3 is 1.91 bits per heavy atom. The highest BCUT2D eigenvalue weighted by atomic mass is 15.0. The van der Waals surface area contributed by atoms with Gasteiger partial charge in [-0.05, 0) is 47.9 Å². The maximum absolute atomic E-state index is 5.05. The summed E-state index contributed by atoms with van der Waals surface area (Å²) in [6.45, 7) is 0. The summed E-state index contributed by atoms with van der Waals surface area (Å²) in [5, 5.41) is 6.15. The zero-order valence-corrected chi connectivity index (χ0v) is 18.3. The van der Waals surface area contributed by atoms with Crippen molar-refractivity contribution in [1.82, 2.24) is 14.0 Å². The van der Waals surface area contributed by atoms with Crippen LogP contribution in [0.2, 0.25) is 0 Å². The highest BCUT2D eigenvalue weighted by molar-refractivity contribution is 6.20. The van der Waals surface area contributed by atoms with Crippen LogP contribution in [0, 0.1) is 0 Å². The number of rotatable bonds is 1. The molecule has 158 valence electrons. The van der Waals surface area contributed by atoms with Crippen molar-refractivity contribution in [3.63, 3.8) is 0 Å². The molecule has 0 aliphatic carbocycles. The molecule has 0 aliphatic rings. The molecule has 8 rings (SSSR count). The van der Waals surface area contributed by atoms with Gasteiger partial charge in [-0.1, -0.05) is 72.8 Å². The van der Waals surface area contributed by atoms with Gasteiger partial charge in [0.25, 0.3) is 0 Å². The zero-order chi connectivity index (χ0) is 22.2. The topological polar surface area (TPSA) is 22.2 Å². The summed E-state index contributed by atoms with van der Waals surface area (Å²) in [5.41, 5.74) is 7.96. The molecule has 8 aromatic rings. The molecule has 0 aliphatic heterocycles. The van der Waals surface area contributed by atoms with Gasteiger partial charge in [0.05, 0.1) is 27.6 Å². The summed E-state index contributed by atoms with van der Waals surface area (Å²) in [6, 6.07) is 41.1. The van der Waals surface area contributed by atoms with E-state index in [1.165, 1.54) is 49.2 Å². The first-order valence-electron chi connectivity index (χ1n) is 11.6. The quantitative estimate of drug-likeness (QED) is 0.241. The number of hydrogen-bond donors (Lipinski definition) is 0. The summed E-state index contributed by atoms with van der Waals surface area (Å²) in [4.78, 5) is 5.05. The molecule has 0 fully saturated rings. The molecule has 0 unspecified atom stereocenters. The van der Waals surface area contributed by atoms with E-state index in [9.17, 15) is 0 Å². The summed E-state index contributed by atoms with van der Waals surface area (Å²) in [7, 11) is 0. The number of pyridine rings is 1.